The van der Waals surface area contributed by atoms with Crippen LogP contribution < -0.4 is 11.2 Å². The maximum Gasteiger partial charge on any atom is 0.510 e. The summed E-state index contributed by atoms with van der Waals surface area (Å²) in [4.78, 5) is 48.2. The van der Waals surface area contributed by atoms with E-state index in [0.717, 1.165) is 4.57 Å². The van der Waals surface area contributed by atoms with Crippen LogP contribution in [0.4, 0.5) is 9.59 Å². The van der Waals surface area contributed by atoms with Crippen LogP contribution in [0.2, 0.25) is 0 Å². The monoisotopic (exact) mass is 414 g/mol. The Hall–Kier alpha value is -2.82. The minimum absolute atomic E-state index is 0.00885. The Kier molecular flexibility index (Phi) is 7.82. The van der Waals surface area contributed by atoms with Gasteiger partial charge in [-0.2, -0.15) is 0 Å². The third-order valence-electron chi connectivity index (χ3n) is 4.25. The number of carbonyl (C=O) groups is 2. The van der Waals surface area contributed by atoms with Crippen molar-refractivity contribution < 1.29 is 33.3 Å². The molecule has 11 heteroatoms. The number of hydrogen-bond donors (Lipinski definition) is 0. The van der Waals surface area contributed by atoms with E-state index in [1.165, 1.54) is 17.7 Å². The molecule has 1 fully saturated rings. The van der Waals surface area contributed by atoms with Crippen molar-refractivity contribution >= 4 is 12.3 Å². The minimum Gasteiger partial charge on any atom is -0.435 e. The van der Waals surface area contributed by atoms with Crippen molar-refractivity contribution in [3.8, 4) is 0 Å². The molecule has 162 valence electrons. The standard InChI is InChI=1S/C18H26N2O9/c1-5-25-17(23)27-10-13-7-8-14(29-13)19-9-11(3)15(21)20(16(19)22)12(4)28-18(24)26-6-2/h9,12-14H,5-8,10H2,1-4H3/t12?,13-,14+/m0/s1. The van der Waals surface area contributed by atoms with Crippen LogP contribution in [0.15, 0.2) is 15.8 Å². The zero-order valence-electron chi connectivity index (χ0n) is 16.9. The Morgan fingerprint density at radius 1 is 1.14 bits per heavy atom. The molecule has 3 atom stereocenters. The van der Waals surface area contributed by atoms with Crippen molar-refractivity contribution in [3.63, 3.8) is 0 Å². The van der Waals surface area contributed by atoms with Gasteiger partial charge in [-0.1, -0.05) is 0 Å². The summed E-state index contributed by atoms with van der Waals surface area (Å²) in [5.41, 5.74) is -0.990. The Labute approximate surface area is 167 Å². The van der Waals surface area contributed by atoms with Gasteiger partial charge in [0, 0.05) is 11.8 Å². The Morgan fingerprint density at radius 2 is 1.79 bits per heavy atom. The molecule has 1 aromatic rings. The first-order valence-corrected chi connectivity index (χ1v) is 9.41. The highest BCUT2D eigenvalue weighted by molar-refractivity contribution is 5.60. The van der Waals surface area contributed by atoms with E-state index in [4.69, 9.17) is 18.9 Å². The van der Waals surface area contributed by atoms with Crippen LogP contribution in [0, 0.1) is 6.92 Å². The SMILES string of the molecule is CCOC(=O)OC[C@@H]1CC[C@H](n2cc(C)c(=O)n(C(C)OC(=O)OCC)c2=O)O1. The van der Waals surface area contributed by atoms with Crippen molar-refractivity contribution in [1.82, 2.24) is 9.13 Å². The summed E-state index contributed by atoms with van der Waals surface area (Å²) in [6.07, 6.45) is -1.57. The van der Waals surface area contributed by atoms with Gasteiger partial charge >= 0.3 is 18.0 Å². The predicted molar refractivity (Wildman–Crippen MR) is 98.6 cm³/mol. The molecular weight excluding hydrogens is 388 g/mol. The molecule has 11 nitrogen and oxygen atoms in total. The van der Waals surface area contributed by atoms with Crippen molar-refractivity contribution in [2.24, 2.45) is 0 Å². The maximum absolute atomic E-state index is 12.9. The number of aryl methyl sites for hydroxylation is 1. The molecule has 0 radical (unpaired) electrons. The second-order valence-corrected chi connectivity index (χ2v) is 6.36. The first-order chi connectivity index (χ1) is 13.8. The van der Waals surface area contributed by atoms with Gasteiger partial charge in [-0.3, -0.25) is 9.36 Å². The molecule has 0 spiro atoms. The van der Waals surface area contributed by atoms with Gasteiger partial charge in [0.15, 0.2) is 6.23 Å². The fourth-order valence-corrected chi connectivity index (χ4v) is 2.93. The van der Waals surface area contributed by atoms with Gasteiger partial charge in [-0.25, -0.2) is 19.0 Å². The zero-order chi connectivity index (χ0) is 21.6. The quantitative estimate of drug-likeness (QED) is 0.615. The first-order valence-electron chi connectivity index (χ1n) is 9.41. The maximum atomic E-state index is 12.9. The fourth-order valence-electron chi connectivity index (χ4n) is 2.93. The number of nitrogens with zero attached hydrogens (tertiary/aromatic N) is 2. The van der Waals surface area contributed by atoms with Crippen molar-refractivity contribution in [2.45, 2.75) is 59.1 Å². The largest absolute Gasteiger partial charge is 0.510 e. The molecule has 0 N–H and O–H groups in total. The average Bonchev–Trinajstić information content (AvgIpc) is 3.12. The third kappa shape index (κ3) is 5.59. The van der Waals surface area contributed by atoms with Crippen LogP contribution in [-0.2, 0) is 23.7 Å². The zero-order valence-corrected chi connectivity index (χ0v) is 16.9. The molecule has 1 aliphatic rings. The highest BCUT2D eigenvalue weighted by Crippen LogP contribution is 2.27. The highest BCUT2D eigenvalue weighted by Gasteiger charge is 2.30. The fraction of sp³-hybridized carbons (Fsp3) is 0.667. The van der Waals surface area contributed by atoms with Crippen LogP contribution in [-0.4, -0.2) is 47.4 Å². The van der Waals surface area contributed by atoms with Gasteiger partial charge in [-0.05, 0) is 40.5 Å². The Balaban J connectivity index is 2.17. The molecule has 2 heterocycles. The normalized spacial score (nSPS) is 19.4. The second kappa shape index (κ2) is 10.1. The Morgan fingerprint density at radius 3 is 2.45 bits per heavy atom. The lowest BCUT2D eigenvalue weighted by molar-refractivity contribution is -0.0418. The minimum atomic E-state index is -1.16. The van der Waals surface area contributed by atoms with Crippen LogP contribution in [0.25, 0.3) is 0 Å². The van der Waals surface area contributed by atoms with E-state index in [1.807, 2.05) is 0 Å². The van der Waals surface area contributed by atoms with Gasteiger partial charge in [0.25, 0.3) is 5.56 Å². The van der Waals surface area contributed by atoms with Crippen molar-refractivity contribution in [1.29, 1.82) is 0 Å². The van der Waals surface area contributed by atoms with Crippen LogP contribution in [0.1, 0.15) is 51.6 Å². The van der Waals surface area contributed by atoms with E-state index >= 15 is 0 Å². The molecule has 0 aliphatic carbocycles. The molecule has 0 saturated carbocycles. The summed E-state index contributed by atoms with van der Waals surface area (Å²) in [5, 5.41) is 0. The Bertz CT molecular complexity index is 845. The average molecular weight is 414 g/mol. The van der Waals surface area contributed by atoms with Crippen LogP contribution in [0.5, 0.6) is 0 Å². The lowest BCUT2D eigenvalue weighted by Crippen LogP contribution is -2.44. The summed E-state index contributed by atoms with van der Waals surface area (Å²) in [7, 11) is 0. The lowest BCUT2D eigenvalue weighted by atomic mass is 10.2. The van der Waals surface area contributed by atoms with E-state index in [0.29, 0.717) is 12.8 Å². The number of ether oxygens (including phenoxy) is 5. The molecule has 29 heavy (non-hydrogen) atoms. The van der Waals surface area contributed by atoms with E-state index in [2.05, 4.69) is 4.74 Å². The second-order valence-electron chi connectivity index (χ2n) is 6.36. The summed E-state index contributed by atoms with van der Waals surface area (Å²) in [6, 6.07) is 0. The highest BCUT2D eigenvalue weighted by atomic mass is 16.7. The molecule has 1 saturated heterocycles. The number of rotatable bonds is 7. The topological polar surface area (TPSA) is 124 Å². The molecular formula is C18H26N2O9. The molecule has 1 aromatic heterocycles. The van der Waals surface area contributed by atoms with E-state index < -0.39 is 42.1 Å². The first kappa shape index (κ1) is 22.5. The molecule has 2 rings (SSSR count). The van der Waals surface area contributed by atoms with Crippen LogP contribution >= 0.6 is 0 Å². The summed E-state index contributed by atoms with van der Waals surface area (Å²) < 4.78 is 27.2. The number of aromatic nitrogens is 2. The number of hydrogen-bond acceptors (Lipinski definition) is 9. The van der Waals surface area contributed by atoms with Crippen LogP contribution in [0.3, 0.4) is 0 Å². The summed E-state index contributed by atoms with van der Waals surface area (Å²) in [5.74, 6) is 0. The van der Waals surface area contributed by atoms with Crippen molar-refractivity contribution in [3.05, 3.63) is 32.6 Å². The van der Waals surface area contributed by atoms with Gasteiger partial charge in [0.2, 0.25) is 0 Å². The molecule has 1 aliphatic heterocycles. The van der Waals surface area contributed by atoms with E-state index in [1.54, 1.807) is 20.8 Å². The lowest BCUT2D eigenvalue weighted by Gasteiger charge is -2.20. The smallest absolute Gasteiger partial charge is 0.435 e. The van der Waals surface area contributed by atoms with Gasteiger partial charge in [-0.15, -0.1) is 0 Å². The predicted octanol–water partition coefficient (Wildman–Crippen LogP) is 1.86. The van der Waals surface area contributed by atoms with Gasteiger partial charge in [0.05, 0.1) is 19.3 Å². The van der Waals surface area contributed by atoms with Crippen molar-refractivity contribution in [2.75, 3.05) is 19.8 Å². The molecule has 0 bridgehead atoms. The summed E-state index contributed by atoms with van der Waals surface area (Å²) in [6.45, 7) is 6.51. The van der Waals surface area contributed by atoms with Gasteiger partial charge < -0.3 is 23.7 Å². The van der Waals surface area contributed by atoms with E-state index in [9.17, 15) is 19.2 Å². The van der Waals surface area contributed by atoms with Gasteiger partial charge in [0.1, 0.15) is 12.8 Å². The molecule has 1 unspecified atom stereocenters. The molecule has 0 amide bonds. The van der Waals surface area contributed by atoms with E-state index in [-0.39, 0.29) is 25.4 Å². The number of carbonyl (C=O) groups excluding carboxylic acids is 2. The summed E-state index contributed by atoms with van der Waals surface area (Å²) >= 11 is 0. The molecule has 0 aromatic carbocycles. The third-order valence-corrected chi connectivity index (χ3v) is 4.25.